The van der Waals surface area contributed by atoms with Gasteiger partial charge < -0.3 is 4.90 Å². The Balaban J connectivity index is 2.34. The number of nitrogens with zero attached hydrogens (tertiary/aromatic N) is 1. The summed E-state index contributed by atoms with van der Waals surface area (Å²) in [6, 6.07) is 0.735. The molecule has 0 aromatic heterocycles. The molecule has 0 aromatic carbocycles. The van der Waals surface area contributed by atoms with Gasteiger partial charge in [0.05, 0.1) is 0 Å². The molecule has 0 radical (unpaired) electrons. The molecule has 1 aliphatic rings. The van der Waals surface area contributed by atoms with Gasteiger partial charge >= 0.3 is 0 Å². The van der Waals surface area contributed by atoms with Crippen molar-refractivity contribution in [3.8, 4) is 0 Å². The first-order chi connectivity index (χ1) is 8.13. The van der Waals surface area contributed by atoms with Crippen molar-refractivity contribution in [3.63, 3.8) is 0 Å². The van der Waals surface area contributed by atoms with Crippen LogP contribution in [0.25, 0.3) is 0 Å². The summed E-state index contributed by atoms with van der Waals surface area (Å²) in [6.45, 7) is 12.1. The maximum Gasteiger partial charge on any atom is 0.00387 e. The molecule has 1 rings (SSSR count). The van der Waals surface area contributed by atoms with Gasteiger partial charge in [0.1, 0.15) is 0 Å². The fraction of sp³-hybridized carbons (Fsp3) is 1.00. The van der Waals surface area contributed by atoms with Crippen LogP contribution in [0.5, 0.6) is 0 Å². The van der Waals surface area contributed by atoms with Crippen molar-refractivity contribution in [3.05, 3.63) is 0 Å². The van der Waals surface area contributed by atoms with Gasteiger partial charge in [-0.2, -0.15) is 0 Å². The number of hydrogen-bond donors (Lipinski definition) is 0. The molecule has 102 valence electrons. The first-order valence-corrected chi connectivity index (χ1v) is 7.87. The summed E-state index contributed by atoms with van der Waals surface area (Å²) in [5, 5.41) is 0. The van der Waals surface area contributed by atoms with E-state index >= 15 is 0 Å². The summed E-state index contributed by atoms with van der Waals surface area (Å²) in [4.78, 5) is 2.70. The zero-order valence-electron chi connectivity index (χ0n) is 12.5. The molecule has 0 bridgehead atoms. The number of hydrogen-bond acceptors (Lipinski definition) is 1. The molecule has 1 fully saturated rings. The van der Waals surface area contributed by atoms with E-state index in [-0.39, 0.29) is 0 Å². The first kappa shape index (κ1) is 15.0. The highest BCUT2D eigenvalue weighted by atomic mass is 15.1. The second-order valence-corrected chi connectivity index (χ2v) is 6.43. The molecular weight excluding hydrogens is 206 g/mol. The van der Waals surface area contributed by atoms with E-state index in [1.54, 1.807) is 0 Å². The van der Waals surface area contributed by atoms with Gasteiger partial charge in [0.15, 0.2) is 0 Å². The van der Waals surface area contributed by atoms with E-state index in [0.29, 0.717) is 0 Å². The van der Waals surface area contributed by atoms with Crippen molar-refractivity contribution in [1.29, 1.82) is 0 Å². The van der Waals surface area contributed by atoms with Crippen molar-refractivity contribution in [2.75, 3.05) is 13.1 Å². The second-order valence-electron chi connectivity index (χ2n) is 6.43. The van der Waals surface area contributed by atoms with E-state index in [9.17, 15) is 0 Å². The topological polar surface area (TPSA) is 3.24 Å². The van der Waals surface area contributed by atoms with Crippen molar-refractivity contribution in [2.45, 2.75) is 78.7 Å². The maximum atomic E-state index is 2.70. The highest BCUT2D eigenvalue weighted by molar-refractivity contribution is 4.76. The third-order valence-corrected chi connectivity index (χ3v) is 4.33. The lowest BCUT2D eigenvalue weighted by Crippen LogP contribution is -2.34. The Morgan fingerprint density at radius 3 is 2.59 bits per heavy atom. The zero-order valence-corrected chi connectivity index (χ0v) is 12.5. The van der Waals surface area contributed by atoms with E-state index in [1.807, 2.05) is 0 Å². The maximum absolute atomic E-state index is 2.70. The highest BCUT2D eigenvalue weighted by Crippen LogP contribution is 2.26. The fourth-order valence-electron chi connectivity index (χ4n) is 3.11. The quantitative estimate of drug-likeness (QED) is 0.607. The minimum Gasteiger partial charge on any atom is -0.301 e. The molecule has 2 unspecified atom stereocenters. The average Bonchev–Trinajstić information content (AvgIpc) is 2.46. The van der Waals surface area contributed by atoms with Crippen LogP contribution in [-0.2, 0) is 0 Å². The van der Waals surface area contributed by atoms with Gasteiger partial charge in [-0.05, 0) is 51.5 Å². The van der Waals surface area contributed by atoms with Crippen LogP contribution in [0.15, 0.2) is 0 Å². The summed E-state index contributed by atoms with van der Waals surface area (Å²) < 4.78 is 0. The molecule has 1 heterocycles. The molecule has 1 heteroatoms. The molecule has 2 atom stereocenters. The van der Waals surface area contributed by atoms with E-state index in [2.05, 4.69) is 32.6 Å². The van der Waals surface area contributed by atoms with Crippen molar-refractivity contribution in [2.24, 2.45) is 11.8 Å². The largest absolute Gasteiger partial charge is 0.301 e. The lowest BCUT2D eigenvalue weighted by molar-refractivity contribution is 0.196. The van der Waals surface area contributed by atoms with Gasteiger partial charge in [-0.25, -0.2) is 0 Å². The number of rotatable bonds is 6. The summed E-state index contributed by atoms with van der Waals surface area (Å²) >= 11 is 0. The van der Waals surface area contributed by atoms with Crippen molar-refractivity contribution >= 4 is 0 Å². The molecule has 17 heavy (non-hydrogen) atoms. The lowest BCUT2D eigenvalue weighted by Gasteiger charge is -2.27. The Kier molecular flexibility index (Phi) is 7.18. The molecule has 0 aliphatic carbocycles. The van der Waals surface area contributed by atoms with Crippen LogP contribution in [0.2, 0.25) is 0 Å². The Labute approximate surface area is 109 Å². The van der Waals surface area contributed by atoms with Crippen molar-refractivity contribution in [1.82, 2.24) is 4.90 Å². The normalized spacial score (nSPS) is 27.4. The smallest absolute Gasteiger partial charge is 0.00387 e. The van der Waals surface area contributed by atoms with Crippen LogP contribution in [-0.4, -0.2) is 24.0 Å². The van der Waals surface area contributed by atoms with Gasteiger partial charge in [0.25, 0.3) is 0 Å². The predicted molar refractivity (Wildman–Crippen MR) is 77.4 cm³/mol. The Morgan fingerprint density at radius 2 is 1.94 bits per heavy atom. The van der Waals surface area contributed by atoms with Crippen LogP contribution in [0.3, 0.4) is 0 Å². The number of likely N-dealkylation sites (tertiary alicyclic amines) is 1. The molecule has 0 saturated carbocycles. The van der Waals surface area contributed by atoms with E-state index < -0.39 is 0 Å². The molecule has 0 spiro atoms. The minimum absolute atomic E-state index is 0.735. The second kappa shape index (κ2) is 8.13. The minimum atomic E-state index is 0.735. The summed E-state index contributed by atoms with van der Waals surface area (Å²) in [6.07, 6.45) is 10.0. The zero-order chi connectivity index (χ0) is 12.7. The third kappa shape index (κ3) is 5.90. The van der Waals surface area contributed by atoms with Gasteiger partial charge in [-0.15, -0.1) is 0 Å². The van der Waals surface area contributed by atoms with Crippen LogP contribution in [0.4, 0.5) is 0 Å². The van der Waals surface area contributed by atoms with Crippen LogP contribution in [0, 0.1) is 11.8 Å². The Morgan fingerprint density at radius 1 is 1.18 bits per heavy atom. The molecular formula is C16H33N. The van der Waals surface area contributed by atoms with Crippen LogP contribution < -0.4 is 0 Å². The summed E-state index contributed by atoms with van der Waals surface area (Å²) in [5.74, 6) is 1.90. The Bertz CT molecular complexity index is 188. The lowest BCUT2D eigenvalue weighted by atomic mass is 9.91. The van der Waals surface area contributed by atoms with Crippen LogP contribution >= 0.6 is 0 Å². The van der Waals surface area contributed by atoms with Crippen LogP contribution in [0.1, 0.15) is 72.6 Å². The molecule has 0 N–H and O–H groups in total. The fourth-order valence-corrected chi connectivity index (χ4v) is 3.11. The molecule has 1 nitrogen and oxygen atoms in total. The molecule has 1 aliphatic heterocycles. The third-order valence-electron chi connectivity index (χ3n) is 4.33. The van der Waals surface area contributed by atoms with E-state index in [1.165, 1.54) is 58.0 Å². The van der Waals surface area contributed by atoms with Gasteiger partial charge in [0.2, 0.25) is 0 Å². The van der Waals surface area contributed by atoms with Gasteiger partial charge in [0, 0.05) is 12.6 Å². The standard InChI is InChI=1S/C16H33N/c1-5-6-7-8-9-16-12-15(4)10-11-17(13-16)14(2)3/h14-16H,5-13H2,1-4H3. The first-order valence-electron chi connectivity index (χ1n) is 7.87. The predicted octanol–water partition coefficient (Wildman–Crippen LogP) is 4.71. The monoisotopic (exact) mass is 239 g/mol. The van der Waals surface area contributed by atoms with E-state index in [0.717, 1.165) is 17.9 Å². The summed E-state index contributed by atoms with van der Waals surface area (Å²) in [5.41, 5.74) is 0. The van der Waals surface area contributed by atoms with E-state index in [4.69, 9.17) is 0 Å². The van der Waals surface area contributed by atoms with Crippen molar-refractivity contribution < 1.29 is 0 Å². The van der Waals surface area contributed by atoms with Gasteiger partial charge in [-0.3, -0.25) is 0 Å². The highest BCUT2D eigenvalue weighted by Gasteiger charge is 2.22. The SMILES string of the molecule is CCCCCCC1CC(C)CCN(C(C)C)C1. The molecule has 0 amide bonds. The molecule has 1 saturated heterocycles. The number of unbranched alkanes of at least 4 members (excludes halogenated alkanes) is 3. The summed E-state index contributed by atoms with van der Waals surface area (Å²) in [7, 11) is 0. The average molecular weight is 239 g/mol. The molecule has 0 aromatic rings. The Hall–Kier alpha value is -0.0400. The van der Waals surface area contributed by atoms with Gasteiger partial charge in [-0.1, -0.05) is 39.5 Å².